The molecule has 1 aromatic rings. The molecule has 0 amide bonds. The molecule has 0 aliphatic carbocycles. The third kappa shape index (κ3) is 2.71. The van der Waals surface area contributed by atoms with Crippen LogP contribution in [0.5, 0.6) is 5.75 Å². The molecule has 17 heavy (non-hydrogen) atoms. The van der Waals surface area contributed by atoms with Crippen molar-refractivity contribution in [3.05, 3.63) is 23.8 Å². The van der Waals surface area contributed by atoms with Crippen LogP contribution < -0.4 is 10.5 Å². The number of aliphatic carboxylic acids is 1. The molecular formula is C11H12N2O3S. The Bertz CT molecular complexity index is 476. The summed E-state index contributed by atoms with van der Waals surface area (Å²) in [6.07, 6.45) is 0.745. The minimum absolute atomic E-state index is 0.0141. The van der Waals surface area contributed by atoms with E-state index in [9.17, 15) is 4.79 Å². The van der Waals surface area contributed by atoms with Gasteiger partial charge in [-0.1, -0.05) is 6.07 Å². The maximum Gasteiger partial charge on any atom is 0.341 e. The molecule has 5 nitrogen and oxygen atoms in total. The molecule has 6 heteroatoms. The zero-order chi connectivity index (χ0) is 12.4. The summed E-state index contributed by atoms with van der Waals surface area (Å²) in [5, 5.41) is 15.9. The molecule has 1 atom stereocenters. The van der Waals surface area contributed by atoms with E-state index in [1.165, 1.54) is 11.8 Å². The Hall–Kier alpha value is -1.69. The topological polar surface area (TPSA) is 96.4 Å². The first-order chi connectivity index (χ1) is 8.06. The number of benzene rings is 1. The summed E-state index contributed by atoms with van der Waals surface area (Å²) in [6, 6.07) is 5.43. The van der Waals surface area contributed by atoms with E-state index in [0.29, 0.717) is 5.75 Å². The molecule has 0 spiro atoms. The fourth-order valence-corrected chi connectivity index (χ4v) is 2.80. The van der Waals surface area contributed by atoms with E-state index in [1.807, 2.05) is 6.07 Å². The second-order valence-corrected chi connectivity index (χ2v) is 4.96. The van der Waals surface area contributed by atoms with Gasteiger partial charge in [-0.2, -0.15) is 0 Å². The molecule has 1 unspecified atom stereocenters. The zero-order valence-corrected chi connectivity index (χ0v) is 9.79. The predicted octanol–water partition coefficient (Wildman–Crippen LogP) is 1.10. The van der Waals surface area contributed by atoms with Crippen LogP contribution in [-0.4, -0.2) is 28.8 Å². The quantitative estimate of drug-likeness (QED) is 0.551. The van der Waals surface area contributed by atoms with Crippen LogP contribution in [0, 0.1) is 5.41 Å². The summed E-state index contributed by atoms with van der Waals surface area (Å²) < 4.78 is 5.09. The lowest BCUT2D eigenvalue weighted by atomic mass is 10.1. The van der Waals surface area contributed by atoms with Crippen LogP contribution in [0.15, 0.2) is 23.1 Å². The third-order valence-electron chi connectivity index (χ3n) is 2.42. The highest BCUT2D eigenvalue weighted by Gasteiger charge is 2.24. The number of thioether (sulfide) groups is 1. The van der Waals surface area contributed by atoms with Crippen LogP contribution in [0.2, 0.25) is 0 Å². The Morgan fingerprint density at radius 3 is 3.06 bits per heavy atom. The first kappa shape index (κ1) is 11.8. The molecule has 0 saturated heterocycles. The lowest BCUT2D eigenvalue weighted by Crippen LogP contribution is -2.24. The number of carboxylic acids is 1. The van der Waals surface area contributed by atoms with Gasteiger partial charge < -0.3 is 15.6 Å². The summed E-state index contributed by atoms with van der Waals surface area (Å²) in [7, 11) is 0. The van der Waals surface area contributed by atoms with Crippen molar-refractivity contribution >= 4 is 23.6 Å². The van der Waals surface area contributed by atoms with Crippen molar-refractivity contribution in [1.82, 2.24) is 0 Å². The van der Waals surface area contributed by atoms with Gasteiger partial charge in [-0.25, -0.2) is 4.79 Å². The van der Waals surface area contributed by atoms with Crippen LogP contribution in [0.1, 0.15) is 5.56 Å². The Morgan fingerprint density at radius 1 is 1.65 bits per heavy atom. The van der Waals surface area contributed by atoms with E-state index >= 15 is 0 Å². The number of rotatable bonds is 4. The summed E-state index contributed by atoms with van der Waals surface area (Å²) in [5.74, 6) is -0.304. The van der Waals surface area contributed by atoms with E-state index in [4.69, 9.17) is 21.0 Å². The first-order valence-corrected chi connectivity index (χ1v) is 5.92. The summed E-state index contributed by atoms with van der Waals surface area (Å²) >= 11 is 1.52. The molecule has 90 valence electrons. The number of amidine groups is 1. The molecule has 1 heterocycles. The normalized spacial score (nSPS) is 17.5. The number of hydrogen-bond donors (Lipinski definition) is 3. The highest BCUT2D eigenvalue weighted by atomic mass is 32.2. The monoisotopic (exact) mass is 252 g/mol. The molecule has 0 saturated carbocycles. The molecule has 1 aliphatic heterocycles. The second kappa shape index (κ2) is 4.67. The fourth-order valence-electron chi connectivity index (χ4n) is 1.62. The van der Waals surface area contributed by atoms with E-state index < -0.39 is 5.97 Å². The van der Waals surface area contributed by atoms with Crippen LogP contribution >= 0.6 is 11.8 Å². The van der Waals surface area contributed by atoms with Crippen molar-refractivity contribution in [2.24, 2.45) is 5.73 Å². The van der Waals surface area contributed by atoms with Crippen molar-refractivity contribution in [2.45, 2.75) is 16.6 Å². The number of nitrogens with two attached hydrogens (primary N) is 1. The van der Waals surface area contributed by atoms with Gasteiger partial charge in [-0.05, 0) is 24.1 Å². The molecule has 1 aliphatic rings. The number of ether oxygens (including phenoxy) is 1. The Kier molecular flexibility index (Phi) is 3.23. The molecule has 0 fully saturated rings. The van der Waals surface area contributed by atoms with Crippen LogP contribution in [0.4, 0.5) is 0 Å². The van der Waals surface area contributed by atoms with Crippen LogP contribution in [-0.2, 0) is 11.2 Å². The average Bonchev–Trinajstić information content (AvgIpc) is 2.69. The minimum Gasteiger partial charge on any atom is -0.482 e. The van der Waals surface area contributed by atoms with Gasteiger partial charge in [0.1, 0.15) is 11.6 Å². The van der Waals surface area contributed by atoms with Gasteiger partial charge in [0.15, 0.2) is 6.61 Å². The van der Waals surface area contributed by atoms with Gasteiger partial charge >= 0.3 is 5.97 Å². The third-order valence-corrected chi connectivity index (χ3v) is 3.76. The van der Waals surface area contributed by atoms with E-state index in [0.717, 1.165) is 16.9 Å². The zero-order valence-electron chi connectivity index (χ0n) is 8.97. The van der Waals surface area contributed by atoms with Crippen molar-refractivity contribution < 1.29 is 14.6 Å². The van der Waals surface area contributed by atoms with Gasteiger partial charge in [0.25, 0.3) is 0 Å². The molecule has 1 aromatic carbocycles. The van der Waals surface area contributed by atoms with Gasteiger partial charge in [-0.3, -0.25) is 5.41 Å². The molecule has 2 rings (SSSR count). The number of nitrogens with one attached hydrogen (secondary N) is 1. The van der Waals surface area contributed by atoms with Crippen molar-refractivity contribution in [3.63, 3.8) is 0 Å². The van der Waals surface area contributed by atoms with Crippen LogP contribution in [0.3, 0.4) is 0 Å². The van der Waals surface area contributed by atoms with Crippen molar-refractivity contribution in [1.29, 1.82) is 5.41 Å². The maximum atomic E-state index is 10.4. The maximum absolute atomic E-state index is 10.4. The highest BCUT2D eigenvalue weighted by Crippen LogP contribution is 2.38. The molecular weight excluding hydrogens is 240 g/mol. The molecule has 0 bridgehead atoms. The highest BCUT2D eigenvalue weighted by molar-refractivity contribution is 8.01. The standard InChI is InChI=1S/C11H12N2O3S/c12-11(13)9-3-6-1-2-7(4-8(6)17-9)16-5-10(14)15/h1-2,4,9H,3,5H2,(H3,12,13)(H,14,15). The van der Waals surface area contributed by atoms with Gasteiger partial charge in [0, 0.05) is 4.90 Å². The number of fused-ring (bicyclic) bond motifs is 1. The Labute approximate surface area is 102 Å². The SMILES string of the molecule is N=C(N)C1Cc2ccc(OCC(=O)O)cc2S1. The van der Waals surface area contributed by atoms with Crippen molar-refractivity contribution in [3.8, 4) is 5.75 Å². The van der Waals surface area contributed by atoms with E-state index in [-0.39, 0.29) is 17.7 Å². The molecule has 0 aromatic heterocycles. The van der Waals surface area contributed by atoms with E-state index in [1.54, 1.807) is 12.1 Å². The fraction of sp³-hybridized carbons (Fsp3) is 0.273. The average molecular weight is 252 g/mol. The Balaban J connectivity index is 2.09. The van der Waals surface area contributed by atoms with Gasteiger partial charge in [0.2, 0.25) is 0 Å². The number of carbonyl (C=O) groups is 1. The lowest BCUT2D eigenvalue weighted by Gasteiger charge is -2.05. The number of carboxylic acid groups (broad SMARTS) is 1. The van der Waals surface area contributed by atoms with E-state index in [2.05, 4.69) is 0 Å². The Morgan fingerprint density at radius 2 is 2.41 bits per heavy atom. The summed E-state index contributed by atoms with van der Waals surface area (Å²) in [4.78, 5) is 11.4. The molecule has 4 N–H and O–H groups in total. The van der Waals surface area contributed by atoms with Crippen molar-refractivity contribution in [2.75, 3.05) is 6.61 Å². The summed E-state index contributed by atoms with van der Waals surface area (Å²) in [6.45, 7) is -0.348. The van der Waals surface area contributed by atoms with Crippen LogP contribution in [0.25, 0.3) is 0 Å². The predicted molar refractivity (Wildman–Crippen MR) is 64.8 cm³/mol. The first-order valence-electron chi connectivity index (χ1n) is 5.04. The summed E-state index contributed by atoms with van der Waals surface area (Å²) in [5.41, 5.74) is 6.59. The number of hydrogen-bond acceptors (Lipinski definition) is 4. The largest absolute Gasteiger partial charge is 0.482 e. The van der Waals surface area contributed by atoms with Gasteiger partial charge in [-0.15, -0.1) is 11.8 Å². The lowest BCUT2D eigenvalue weighted by molar-refractivity contribution is -0.139. The molecule has 0 radical (unpaired) electrons. The smallest absolute Gasteiger partial charge is 0.341 e. The second-order valence-electron chi connectivity index (χ2n) is 3.72. The van der Waals surface area contributed by atoms with Gasteiger partial charge in [0.05, 0.1) is 5.25 Å². The minimum atomic E-state index is -1.00.